The van der Waals surface area contributed by atoms with Gasteiger partial charge in [-0.3, -0.25) is 4.79 Å². The molecular weight excluding hydrogens is 628 g/mol. The fourth-order valence-corrected chi connectivity index (χ4v) is 4.85. The molecule has 3 aromatic rings. The van der Waals surface area contributed by atoms with Gasteiger partial charge in [0.2, 0.25) is 18.3 Å². The zero-order chi connectivity index (χ0) is 33.8. The molecule has 19 heteroatoms. The average Bonchev–Trinajstić information content (AvgIpc) is 2.99. The van der Waals surface area contributed by atoms with Crippen LogP contribution >= 0.6 is 0 Å². The van der Waals surface area contributed by atoms with Crippen LogP contribution in [0, 0.1) is 0 Å². The Balaban J connectivity index is 1.49. The Kier molecular flexibility index (Phi) is 8.68. The summed E-state index contributed by atoms with van der Waals surface area (Å²) in [7, 11) is 0. The number of carbonyl (C=O) groups is 2. The number of aliphatic hydroxyl groups excluding tert-OH is 6. The summed E-state index contributed by atoms with van der Waals surface area (Å²) in [6, 6.07) is 4.78. The van der Waals surface area contributed by atoms with Gasteiger partial charge in [-0.05, 0) is 18.2 Å². The Labute approximate surface area is 254 Å². The largest absolute Gasteiger partial charge is 0.507 e. The number of fused-ring (bicyclic) bond motifs is 1. The highest BCUT2D eigenvalue weighted by Gasteiger charge is 2.49. The van der Waals surface area contributed by atoms with E-state index in [-0.39, 0.29) is 11.3 Å². The second kappa shape index (κ2) is 12.2. The molecule has 11 N–H and O–H groups in total. The summed E-state index contributed by atoms with van der Waals surface area (Å²) in [4.78, 5) is 35.8. The fourth-order valence-electron chi connectivity index (χ4n) is 4.85. The van der Waals surface area contributed by atoms with Crippen molar-refractivity contribution < 1.29 is 89.1 Å². The Morgan fingerprint density at radius 3 is 1.72 bits per heavy atom. The van der Waals surface area contributed by atoms with Gasteiger partial charge in [0.15, 0.2) is 40.5 Å². The molecule has 3 heterocycles. The Hall–Kier alpha value is -4.73. The van der Waals surface area contributed by atoms with Crippen molar-refractivity contribution in [2.75, 3.05) is 0 Å². The van der Waals surface area contributed by atoms with E-state index < -0.39 is 118 Å². The van der Waals surface area contributed by atoms with Gasteiger partial charge in [-0.15, -0.1) is 0 Å². The van der Waals surface area contributed by atoms with E-state index in [9.17, 15) is 70.6 Å². The topological polar surface area (TPSA) is 324 Å². The number of hydrogen-bond acceptors (Lipinski definition) is 17. The number of benzene rings is 2. The third-order valence-electron chi connectivity index (χ3n) is 7.26. The van der Waals surface area contributed by atoms with Crippen LogP contribution in [0.2, 0.25) is 0 Å². The number of aliphatic hydroxyl groups is 6. The summed E-state index contributed by atoms with van der Waals surface area (Å²) in [6.07, 6.45) is -20.1. The van der Waals surface area contributed by atoms with Crippen LogP contribution < -0.4 is 14.9 Å². The number of aliphatic carboxylic acids is 2. The van der Waals surface area contributed by atoms with Gasteiger partial charge in [-0.2, -0.15) is 0 Å². The lowest BCUT2D eigenvalue weighted by molar-refractivity contribution is -0.271. The van der Waals surface area contributed by atoms with E-state index in [1.807, 2.05) is 0 Å². The summed E-state index contributed by atoms with van der Waals surface area (Å²) in [5.74, 6) is -7.27. The van der Waals surface area contributed by atoms with Crippen molar-refractivity contribution in [3.05, 3.63) is 40.6 Å². The zero-order valence-electron chi connectivity index (χ0n) is 22.8. The lowest BCUT2D eigenvalue weighted by atomic mass is 9.99. The van der Waals surface area contributed by atoms with Gasteiger partial charge in [-0.25, -0.2) is 9.59 Å². The van der Waals surface area contributed by atoms with Gasteiger partial charge in [0.1, 0.15) is 53.5 Å². The normalized spacial score (nSPS) is 31.3. The smallest absolute Gasteiger partial charge is 0.335 e. The van der Waals surface area contributed by atoms with Gasteiger partial charge in [0.05, 0.1) is 0 Å². The van der Waals surface area contributed by atoms with E-state index in [4.69, 9.17) is 23.4 Å². The maximum Gasteiger partial charge on any atom is 0.335 e. The number of ether oxygens (including phenoxy) is 4. The van der Waals surface area contributed by atoms with Crippen molar-refractivity contribution >= 4 is 22.9 Å². The maximum absolute atomic E-state index is 13.0. The van der Waals surface area contributed by atoms with Crippen LogP contribution in [0.25, 0.3) is 22.3 Å². The highest BCUT2D eigenvalue weighted by Crippen LogP contribution is 2.43. The Morgan fingerprint density at radius 1 is 0.652 bits per heavy atom. The van der Waals surface area contributed by atoms with Crippen LogP contribution in [0.5, 0.6) is 28.7 Å². The maximum atomic E-state index is 13.0. The van der Waals surface area contributed by atoms with E-state index in [0.717, 1.165) is 18.2 Å². The summed E-state index contributed by atoms with van der Waals surface area (Å²) in [5.41, 5.74) is -1.64. The molecule has 0 bridgehead atoms. The first-order chi connectivity index (χ1) is 21.6. The van der Waals surface area contributed by atoms with Gasteiger partial charge in [-0.1, -0.05) is 0 Å². The highest BCUT2D eigenvalue weighted by atomic mass is 16.7. The Bertz CT molecular complexity index is 1720. The van der Waals surface area contributed by atoms with Gasteiger partial charge in [0, 0.05) is 17.7 Å². The first-order valence-electron chi connectivity index (χ1n) is 13.1. The molecule has 2 aliphatic rings. The number of phenols is 3. The lowest BCUT2D eigenvalue weighted by Crippen LogP contribution is -2.61. The van der Waals surface area contributed by atoms with Crippen LogP contribution in [-0.2, 0) is 19.1 Å². The zero-order valence-corrected chi connectivity index (χ0v) is 22.8. The third-order valence-corrected chi connectivity index (χ3v) is 7.26. The second-order valence-electron chi connectivity index (χ2n) is 10.3. The van der Waals surface area contributed by atoms with Crippen molar-refractivity contribution in [1.29, 1.82) is 0 Å². The minimum atomic E-state index is -2.08. The first-order valence-corrected chi connectivity index (χ1v) is 13.1. The number of rotatable bonds is 7. The van der Waals surface area contributed by atoms with Gasteiger partial charge in [0.25, 0.3) is 0 Å². The molecule has 10 unspecified atom stereocenters. The predicted molar refractivity (Wildman–Crippen MR) is 143 cm³/mol. The molecule has 1 aromatic heterocycles. The van der Waals surface area contributed by atoms with E-state index >= 15 is 0 Å². The Morgan fingerprint density at radius 2 is 1.20 bits per heavy atom. The summed E-state index contributed by atoms with van der Waals surface area (Å²) in [6.45, 7) is 0. The van der Waals surface area contributed by atoms with Gasteiger partial charge >= 0.3 is 11.9 Å². The molecule has 0 saturated carbocycles. The monoisotopic (exact) mass is 654 g/mol. The standard InChI is InChI=1S/C27H26O19/c28-7-3-6(1-2-11(7)43-26-18(36)14(32)16(34)22(45-26)24(38)39)12-5-9(30)13-8(29)4-10(31)20(21(13)42-12)44-27-19(37)15(33)17(35)23(46-27)25(40)41/h1-5,14-19,22-23,26-29,31-37H,(H,38,39)(H,40,41). The van der Waals surface area contributed by atoms with Crippen molar-refractivity contribution in [1.82, 2.24) is 0 Å². The minimum absolute atomic E-state index is 0.0555. The first kappa shape index (κ1) is 32.7. The van der Waals surface area contributed by atoms with Crippen molar-refractivity contribution in [2.24, 2.45) is 0 Å². The number of aromatic hydroxyl groups is 3. The lowest BCUT2D eigenvalue weighted by Gasteiger charge is -2.38. The van der Waals surface area contributed by atoms with E-state index in [1.54, 1.807) is 0 Å². The summed E-state index contributed by atoms with van der Waals surface area (Å²) < 4.78 is 26.5. The molecule has 2 fully saturated rings. The molecule has 248 valence electrons. The molecule has 2 saturated heterocycles. The van der Waals surface area contributed by atoms with E-state index in [2.05, 4.69) is 0 Å². The SMILES string of the molecule is O=C(O)C1OC(Oc2ccc(-c3cc(=O)c4c(O)cc(O)c(OC5OC(C(=O)O)C(O)C(O)C5O)c4o3)cc2O)C(O)C(O)C1O. The van der Waals surface area contributed by atoms with Crippen LogP contribution in [0.4, 0.5) is 0 Å². The summed E-state index contributed by atoms with van der Waals surface area (Å²) in [5, 5.41) is 110. The fraction of sp³-hybridized carbons (Fsp3) is 0.370. The molecule has 19 nitrogen and oxygen atoms in total. The molecule has 0 radical (unpaired) electrons. The molecule has 0 aliphatic carbocycles. The molecular formula is C27H26O19. The molecule has 0 spiro atoms. The van der Waals surface area contributed by atoms with Crippen LogP contribution in [0.15, 0.2) is 39.5 Å². The second-order valence-corrected chi connectivity index (χ2v) is 10.3. The average molecular weight is 654 g/mol. The quantitative estimate of drug-likeness (QED) is 0.122. The molecule has 5 rings (SSSR count). The predicted octanol–water partition coefficient (Wildman–Crippen LogP) is -2.88. The van der Waals surface area contributed by atoms with Crippen molar-refractivity contribution in [2.45, 2.75) is 61.4 Å². The number of phenolic OH excluding ortho intramolecular Hbond substituents is 3. The van der Waals surface area contributed by atoms with Crippen LogP contribution in [0.1, 0.15) is 0 Å². The molecule has 2 aliphatic heterocycles. The molecule has 10 atom stereocenters. The van der Waals surface area contributed by atoms with Crippen molar-refractivity contribution in [3.8, 4) is 40.1 Å². The molecule has 0 amide bonds. The van der Waals surface area contributed by atoms with Gasteiger partial charge < -0.3 is 79.5 Å². The molecule has 46 heavy (non-hydrogen) atoms. The number of carboxylic acid groups (broad SMARTS) is 2. The van der Waals surface area contributed by atoms with Crippen LogP contribution in [0.3, 0.4) is 0 Å². The number of carboxylic acids is 2. The molecule has 2 aromatic carbocycles. The van der Waals surface area contributed by atoms with Crippen molar-refractivity contribution in [3.63, 3.8) is 0 Å². The third kappa shape index (κ3) is 5.72. The highest BCUT2D eigenvalue weighted by molar-refractivity contribution is 5.91. The van der Waals surface area contributed by atoms with E-state index in [0.29, 0.717) is 6.07 Å². The number of hydrogen-bond donors (Lipinski definition) is 11. The summed E-state index contributed by atoms with van der Waals surface area (Å²) >= 11 is 0. The van der Waals surface area contributed by atoms with Crippen LogP contribution in [-0.4, -0.2) is 130 Å². The minimum Gasteiger partial charge on any atom is -0.507 e. The van der Waals surface area contributed by atoms with E-state index in [1.165, 1.54) is 6.07 Å².